The van der Waals surface area contributed by atoms with E-state index in [1.165, 1.54) is 5.56 Å². The average molecular weight is 280 g/mol. The molecule has 2 heteroatoms. The molecule has 3 rings (SSSR count). The molecular weight excluding hydrogens is 260 g/mol. The van der Waals surface area contributed by atoms with Crippen LogP contribution in [0, 0.1) is 5.92 Å². The number of hydrogen-bond donors (Lipinski definition) is 0. The molecule has 108 valence electrons. The largest absolute Gasteiger partial charge is 0.426 e. The van der Waals surface area contributed by atoms with Crippen molar-refractivity contribution >= 4 is 5.97 Å². The zero-order valence-corrected chi connectivity index (χ0v) is 12.6. The minimum Gasteiger partial charge on any atom is -0.426 e. The summed E-state index contributed by atoms with van der Waals surface area (Å²) in [6.45, 7) is 4.10. The van der Waals surface area contributed by atoms with Crippen LogP contribution in [-0.4, -0.2) is 5.97 Å². The third-order valence-electron chi connectivity index (χ3n) is 4.03. The van der Waals surface area contributed by atoms with Crippen LogP contribution in [0.5, 0.6) is 5.75 Å². The lowest BCUT2D eigenvalue weighted by molar-refractivity contribution is -0.139. The molecule has 0 spiro atoms. The van der Waals surface area contributed by atoms with Crippen molar-refractivity contribution in [1.29, 1.82) is 0 Å². The number of fused-ring (bicyclic) bond motifs is 1. The Labute approximate surface area is 125 Å². The first-order valence-corrected chi connectivity index (χ1v) is 7.61. The zero-order chi connectivity index (χ0) is 14.8. The van der Waals surface area contributed by atoms with Gasteiger partial charge in [-0.05, 0) is 41.2 Å². The Morgan fingerprint density at radius 2 is 1.81 bits per heavy atom. The van der Waals surface area contributed by atoms with E-state index in [1.807, 2.05) is 13.0 Å². The standard InChI is InChI=1S/C19H20O2/c1-3-4-14-5-7-15(8-6-14)16-9-10-17-11-13(2)19(20)21-18(17)12-16/h5-10,12-13H,3-4,11H2,1-2H3. The van der Waals surface area contributed by atoms with Crippen LogP contribution in [0.25, 0.3) is 11.1 Å². The summed E-state index contributed by atoms with van der Waals surface area (Å²) in [5.74, 6) is 0.544. The molecule has 2 aromatic carbocycles. The predicted octanol–water partition coefficient (Wildman–Crippen LogP) is 4.40. The fourth-order valence-electron chi connectivity index (χ4n) is 2.77. The van der Waals surface area contributed by atoms with Gasteiger partial charge in [0.1, 0.15) is 5.75 Å². The Hall–Kier alpha value is -2.09. The van der Waals surface area contributed by atoms with Crippen LogP contribution >= 0.6 is 0 Å². The number of carbonyl (C=O) groups excluding carboxylic acids is 1. The van der Waals surface area contributed by atoms with Gasteiger partial charge >= 0.3 is 5.97 Å². The highest BCUT2D eigenvalue weighted by molar-refractivity contribution is 5.79. The molecule has 1 atom stereocenters. The van der Waals surface area contributed by atoms with Gasteiger partial charge in [0.05, 0.1) is 5.92 Å². The van der Waals surface area contributed by atoms with E-state index in [4.69, 9.17) is 4.74 Å². The molecule has 2 aromatic rings. The maximum absolute atomic E-state index is 11.7. The van der Waals surface area contributed by atoms with Crippen LogP contribution in [0.3, 0.4) is 0 Å². The van der Waals surface area contributed by atoms with Gasteiger partial charge in [-0.2, -0.15) is 0 Å². The number of benzene rings is 2. The van der Waals surface area contributed by atoms with Crippen LogP contribution in [-0.2, 0) is 17.6 Å². The Morgan fingerprint density at radius 3 is 2.52 bits per heavy atom. The first-order chi connectivity index (χ1) is 10.2. The minimum atomic E-state index is -0.127. The van der Waals surface area contributed by atoms with Gasteiger partial charge in [-0.15, -0.1) is 0 Å². The lowest BCUT2D eigenvalue weighted by atomic mass is 9.94. The lowest BCUT2D eigenvalue weighted by Gasteiger charge is -2.21. The second-order valence-corrected chi connectivity index (χ2v) is 5.80. The quantitative estimate of drug-likeness (QED) is 0.615. The van der Waals surface area contributed by atoms with Crippen molar-refractivity contribution in [2.75, 3.05) is 0 Å². The van der Waals surface area contributed by atoms with Crippen molar-refractivity contribution in [3.05, 3.63) is 53.6 Å². The number of esters is 1. The van der Waals surface area contributed by atoms with E-state index in [1.54, 1.807) is 0 Å². The van der Waals surface area contributed by atoms with E-state index in [-0.39, 0.29) is 11.9 Å². The highest BCUT2D eigenvalue weighted by atomic mass is 16.5. The second-order valence-electron chi connectivity index (χ2n) is 5.80. The molecule has 0 aliphatic carbocycles. The number of hydrogen-bond acceptors (Lipinski definition) is 2. The Bertz CT molecular complexity index is 656. The van der Waals surface area contributed by atoms with E-state index in [2.05, 4.69) is 43.3 Å². The monoisotopic (exact) mass is 280 g/mol. The van der Waals surface area contributed by atoms with E-state index in [0.29, 0.717) is 5.75 Å². The number of rotatable bonds is 3. The first-order valence-electron chi connectivity index (χ1n) is 7.61. The summed E-state index contributed by atoms with van der Waals surface area (Å²) < 4.78 is 5.43. The maximum atomic E-state index is 11.7. The molecule has 2 nitrogen and oxygen atoms in total. The summed E-state index contributed by atoms with van der Waals surface area (Å²) in [6.07, 6.45) is 3.04. The van der Waals surface area contributed by atoms with E-state index in [0.717, 1.165) is 36.0 Å². The zero-order valence-electron chi connectivity index (χ0n) is 12.6. The van der Waals surface area contributed by atoms with Crippen LogP contribution in [0.15, 0.2) is 42.5 Å². The third kappa shape index (κ3) is 2.85. The van der Waals surface area contributed by atoms with Crippen molar-refractivity contribution in [3.8, 4) is 16.9 Å². The topological polar surface area (TPSA) is 26.3 Å². The summed E-state index contributed by atoms with van der Waals surface area (Å²) in [4.78, 5) is 11.7. The summed E-state index contributed by atoms with van der Waals surface area (Å²) in [6, 6.07) is 14.8. The molecule has 0 aromatic heterocycles. The number of aryl methyl sites for hydroxylation is 1. The van der Waals surface area contributed by atoms with Crippen molar-refractivity contribution in [2.24, 2.45) is 5.92 Å². The maximum Gasteiger partial charge on any atom is 0.314 e. The number of ether oxygens (including phenoxy) is 1. The predicted molar refractivity (Wildman–Crippen MR) is 84.4 cm³/mol. The summed E-state index contributed by atoms with van der Waals surface area (Å²) in [5.41, 5.74) is 4.74. The van der Waals surface area contributed by atoms with Gasteiger partial charge in [-0.25, -0.2) is 0 Å². The van der Waals surface area contributed by atoms with Gasteiger partial charge < -0.3 is 4.74 Å². The molecule has 0 saturated heterocycles. The highest BCUT2D eigenvalue weighted by Crippen LogP contribution is 2.32. The number of carbonyl (C=O) groups is 1. The van der Waals surface area contributed by atoms with Crippen molar-refractivity contribution in [3.63, 3.8) is 0 Å². The third-order valence-corrected chi connectivity index (χ3v) is 4.03. The van der Waals surface area contributed by atoms with Gasteiger partial charge in [0.15, 0.2) is 0 Å². The van der Waals surface area contributed by atoms with Crippen molar-refractivity contribution < 1.29 is 9.53 Å². The van der Waals surface area contributed by atoms with Gasteiger partial charge in [-0.1, -0.05) is 56.7 Å². The summed E-state index contributed by atoms with van der Waals surface area (Å²) >= 11 is 0. The van der Waals surface area contributed by atoms with Crippen molar-refractivity contribution in [1.82, 2.24) is 0 Å². The first kappa shape index (κ1) is 13.9. The van der Waals surface area contributed by atoms with Crippen LogP contribution in [0.2, 0.25) is 0 Å². The van der Waals surface area contributed by atoms with Gasteiger partial charge in [0, 0.05) is 0 Å². The SMILES string of the molecule is CCCc1ccc(-c2ccc3c(c2)OC(=O)C(C)C3)cc1. The molecule has 0 fully saturated rings. The molecule has 1 aliphatic heterocycles. The highest BCUT2D eigenvalue weighted by Gasteiger charge is 2.24. The van der Waals surface area contributed by atoms with Crippen molar-refractivity contribution in [2.45, 2.75) is 33.1 Å². The summed E-state index contributed by atoms with van der Waals surface area (Å²) in [5, 5.41) is 0. The van der Waals surface area contributed by atoms with Crippen LogP contribution in [0.4, 0.5) is 0 Å². The average Bonchev–Trinajstić information content (AvgIpc) is 2.49. The normalized spacial score (nSPS) is 17.2. The van der Waals surface area contributed by atoms with Gasteiger partial charge in [-0.3, -0.25) is 4.79 Å². The van der Waals surface area contributed by atoms with Gasteiger partial charge in [0.25, 0.3) is 0 Å². The fourth-order valence-corrected chi connectivity index (χ4v) is 2.77. The minimum absolute atomic E-state index is 0.0447. The van der Waals surface area contributed by atoms with Crippen LogP contribution in [0.1, 0.15) is 31.4 Å². The molecular formula is C19H20O2. The van der Waals surface area contributed by atoms with E-state index >= 15 is 0 Å². The Morgan fingerprint density at radius 1 is 1.10 bits per heavy atom. The Kier molecular flexibility index (Phi) is 3.78. The molecule has 1 unspecified atom stereocenters. The molecule has 0 radical (unpaired) electrons. The summed E-state index contributed by atoms with van der Waals surface area (Å²) in [7, 11) is 0. The molecule has 0 bridgehead atoms. The fraction of sp³-hybridized carbons (Fsp3) is 0.316. The molecule has 0 saturated carbocycles. The Balaban J connectivity index is 1.90. The molecule has 0 N–H and O–H groups in total. The van der Waals surface area contributed by atoms with Gasteiger partial charge in [0.2, 0.25) is 0 Å². The molecule has 21 heavy (non-hydrogen) atoms. The van der Waals surface area contributed by atoms with E-state index in [9.17, 15) is 4.79 Å². The smallest absolute Gasteiger partial charge is 0.314 e. The molecule has 1 aliphatic rings. The molecule has 1 heterocycles. The lowest BCUT2D eigenvalue weighted by Crippen LogP contribution is -2.25. The second kappa shape index (κ2) is 5.72. The van der Waals surface area contributed by atoms with Crippen LogP contribution < -0.4 is 4.74 Å². The van der Waals surface area contributed by atoms with E-state index < -0.39 is 0 Å². The molecule has 0 amide bonds.